The van der Waals surface area contributed by atoms with Crippen molar-refractivity contribution >= 4 is 55.3 Å². The quantitative estimate of drug-likeness (QED) is 0.309. The van der Waals surface area contributed by atoms with Crippen molar-refractivity contribution < 1.29 is 21.7 Å². The zero-order valence-corrected chi connectivity index (χ0v) is 6.06. The monoisotopic (exact) mass is 134 g/mol. The van der Waals surface area contributed by atoms with Crippen LogP contribution in [0, 0.1) is 0 Å². The molecule has 0 bridgehead atoms. The van der Waals surface area contributed by atoms with Gasteiger partial charge in [-0.15, -0.1) is 0 Å². The van der Waals surface area contributed by atoms with E-state index in [0.29, 0.717) is 0 Å². The second-order valence-corrected chi connectivity index (χ2v) is 0. The normalized spacial score (nSPS) is 2.00. The minimum absolute atomic E-state index is 0. The van der Waals surface area contributed by atoms with Crippen molar-refractivity contribution in [1.82, 2.24) is 0 Å². The van der Waals surface area contributed by atoms with Crippen LogP contribution >= 0.6 is 0 Å². The first-order valence-corrected chi connectivity index (χ1v) is 3.00. The molecule has 0 spiro atoms. The van der Waals surface area contributed by atoms with Crippen molar-refractivity contribution in [1.29, 1.82) is 0 Å². The van der Waals surface area contributed by atoms with Gasteiger partial charge in [0.05, 0.1) is 7.44 Å². The predicted octanol–water partition coefficient (Wildman–Crippen LogP) is -3.02. The molecule has 0 aromatic rings. The topological polar surface area (TPSA) is 0 Å². The van der Waals surface area contributed by atoms with E-state index in [9.17, 15) is 0 Å². The van der Waals surface area contributed by atoms with E-state index in [1.54, 1.807) is 0 Å². The Morgan fingerprint density at radius 2 is 1.25 bits per heavy atom. The van der Waals surface area contributed by atoms with Crippen LogP contribution in [-0.4, -0.2) is 55.3 Å². The first-order chi connectivity index (χ1) is 1.00. The van der Waals surface area contributed by atoms with Gasteiger partial charge in [-0.25, -0.2) is 0 Å². The average Bonchev–Trinajstić information content (AvgIpc) is 1.00. The van der Waals surface area contributed by atoms with E-state index >= 15 is 0 Å². The molecule has 0 heterocycles. The summed E-state index contributed by atoms with van der Waals surface area (Å²) < 4.78 is 0. The molecule has 0 aliphatic rings. The molecule has 0 nitrogen and oxygen atoms in total. The van der Waals surface area contributed by atoms with Crippen molar-refractivity contribution in [3.63, 3.8) is 0 Å². The second kappa shape index (κ2) is 18.7. The molecule has 0 aromatic carbocycles. The van der Waals surface area contributed by atoms with Crippen LogP contribution in [0.15, 0.2) is 0 Å². The summed E-state index contributed by atoms with van der Waals surface area (Å²) in [6.45, 7) is 0. The standard InChI is InChI=1S/BH5Si.Ca.Ti.2H/c1-2;;;;/h1H2,2H3;;;;. The maximum atomic E-state index is 2.14. The maximum absolute atomic E-state index is 2.14. The summed E-state index contributed by atoms with van der Waals surface area (Å²) >= 11 is 0. The van der Waals surface area contributed by atoms with Gasteiger partial charge >= 0.3 is 37.7 Å². The van der Waals surface area contributed by atoms with Crippen molar-refractivity contribution in [3.8, 4) is 0 Å². The van der Waals surface area contributed by atoms with E-state index in [4.69, 9.17) is 0 Å². The largest absolute Gasteiger partial charge is 0 e. The Bertz CT molecular complexity index is 8.00. The van der Waals surface area contributed by atoms with Crippen LogP contribution < -0.4 is 0 Å². The van der Waals surface area contributed by atoms with Gasteiger partial charge in [-0.3, -0.25) is 0 Å². The van der Waals surface area contributed by atoms with Crippen molar-refractivity contribution in [2.24, 2.45) is 0 Å². The molecule has 4 heteroatoms. The van der Waals surface area contributed by atoms with Crippen molar-refractivity contribution in [2.75, 3.05) is 0 Å². The van der Waals surface area contributed by atoms with Crippen LogP contribution in [0.1, 0.15) is 0 Å². The summed E-state index contributed by atoms with van der Waals surface area (Å²) in [5.74, 6) is 0. The van der Waals surface area contributed by atoms with Crippen LogP contribution in [0.4, 0.5) is 0 Å². The van der Waals surface area contributed by atoms with Gasteiger partial charge in [-0.05, 0) is 10.1 Å². The minimum Gasteiger partial charge on any atom is 0 e. The molecule has 4 heavy (non-hydrogen) atoms. The van der Waals surface area contributed by atoms with Gasteiger partial charge in [0.2, 0.25) is 0 Å². The third-order valence-corrected chi connectivity index (χ3v) is 0. The summed E-state index contributed by atoms with van der Waals surface area (Å²) in [5.41, 5.74) is 0. The first-order valence-electron chi connectivity index (χ1n) is 1.00. The van der Waals surface area contributed by atoms with E-state index in [0.717, 1.165) is 0 Å². The Morgan fingerprint density at radius 1 is 1.25 bits per heavy atom. The summed E-state index contributed by atoms with van der Waals surface area (Å²) in [6.07, 6.45) is 0. The fraction of sp³-hybridized carbons (Fsp3) is 0. The Labute approximate surface area is 75.8 Å². The van der Waals surface area contributed by atoms with E-state index in [-0.39, 0.29) is 59.5 Å². The number of rotatable bonds is 0. The second-order valence-electron chi connectivity index (χ2n) is 0. The average molecular weight is 134 g/mol. The summed E-state index contributed by atoms with van der Waals surface area (Å²) in [7, 11) is 3.44. The van der Waals surface area contributed by atoms with Crippen LogP contribution in [0.25, 0.3) is 0 Å². The van der Waals surface area contributed by atoms with Crippen molar-refractivity contribution in [2.45, 2.75) is 0 Å². The van der Waals surface area contributed by atoms with Crippen LogP contribution in [0.2, 0.25) is 0 Å². The molecular weight excluding hydrogens is 127 g/mol. The first kappa shape index (κ1) is 16.3. The smallest absolute Gasteiger partial charge is 0 e. The molecule has 0 N–H and O–H groups in total. The summed E-state index contributed by atoms with van der Waals surface area (Å²) in [5, 5.41) is 0. The SMILES string of the molecule is B[SiH3].[CaH2].[Ti]. The fourth-order valence-corrected chi connectivity index (χ4v) is 0. The third-order valence-electron chi connectivity index (χ3n) is 0. The van der Waals surface area contributed by atoms with E-state index in [1.807, 2.05) is 0 Å². The zero-order chi connectivity index (χ0) is 2.00. The molecule has 0 aliphatic carbocycles. The molecule has 0 radical (unpaired) electrons. The minimum atomic E-state index is 0. The fourth-order valence-electron chi connectivity index (χ4n) is 0. The van der Waals surface area contributed by atoms with Crippen LogP contribution in [0.5, 0.6) is 0 Å². The molecule has 0 aliphatic heterocycles. The van der Waals surface area contributed by atoms with Gasteiger partial charge in [0.25, 0.3) is 0 Å². The van der Waals surface area contributed by atoms with Gasteiger partial charge in [0.15, 0.2) is 0 Å². The molecule has 0 amide bonds. The molecular formula is H7BCaSiTi. The summed E-state index contributed by atoms with van der Waals surface area (Å²) in [4.78, 5) is 0. The van der Waals surface area contributed by atoms with Gasteiger partial charge in [0, 0.05) is 21.7 Å². The van der Waals surface area contributed by atoms with Crippen LogP contribution in [0.3, 0.4) is 0 Å². The van der Waals surface area contributed by atoms with Gasteiger partial charge in [0.1, 0.15) is 0 Å². The molecule has 0 rings (SSSR count). The Hall–Kier alpha value is 2.26. The van der Waals surface area contributed by atoms with Gasteiger partial charge in [-0.2, -0.15) is 0 Å². The van der Waals surface area contributed by atoms with E-state index in [1.165, 1.54) is 10.1 Å². The van der Waals surface area contributed by atoms with E-state index < -0.39 is 0 Å². The molecule has 0 aromatic heterocycles. The number of hydrogen-bond donors (Lipinski definition) is 0. The summed E-state index contributed by atoms with van der Waals surface area (Å²) in [6, 6.07) is 0. The van der Waals surface area contributed by atoms with Crippen LogP contribution in [-0.2, 0) is 21.7 Å². The molecule has 20 valence electrons. The molecule has 0 atom stereocenters. The van der Waals surface area contributed by atoms with Gasteiger partial charge < -0.3 is 0 Å². The van der Waals surface area contributed by atoms with E-state index in [2.05, 4.69) is 7.44 Å². The maximum Gasteiger partial charge on any atom is 0 e. The predicted molar refractivity (Wildman–Crippen MR) is 27.0 cm³/mol. The molecule has 0 saturated carbocycles. The number of hydrogen-bond acceptors (Lipinski definition) is 0. The van der Waals surface area contributed by atoms with Gasteiger partial charge in [-0.1, -0.05) is 0 Å². The third kappa shape index (κ3) is 8.87. The van der Waals surface area contributed by atoms with Crippen molar-refractivity contribution in [3.05, 3.63) is 0 Å². The molecule has 0 unspecified atom stereocenters. The Morgan fingerprint density at radius 3 is 1.25 bits per heavy atom. The Balaban J connectivity index is -0.00000000500. The molecule has 0 fully saturated rings. The zero-order valence-electron chi connectivity index (χ0n) is 2.50. The Kier molecular flexibility index (Phi) is 76.2. The molecule has 0 saturated heterocycles.